The van der Waals surface area contributed by atoms with Gasteiger partial charge in [0.05, 0.1) is 12.7 Å². The Kier molecular flexibility index (Phi) is 5.19. The van der Waals surface area contributed by atoms with E-state index in [-0.39, 0.29) is 6.09 Å². The second-order valence-electron chi connectivity index (χ2n) is 8.59. The van der Waals surface area contributed by atoms with Crippen molar-refractivity contribution in [1.29, 1.82) is 0 Å². The normalized spacial score (nSPS) is 15.7. The summed E-state index contributed by atoms with van der Waals surface area (Å²) in [4.78, 5) is 25.2. The summed E-state index contributed by atoms with van der Waals surface area (Å²) in [7, 11) is 0. The highest BCUT2D eigenvalue weighted by atomic mass is 16.6. The minimum absolute atomic E-state index is 0.268. The number of piperazine rings is 1. The van der Waals surface area contributed by atoms with Gasteiger partial charge >= 0.3 is 6.09 Å². The van der Waals surface area contributed by atoms with Gasteiger partial charge in [-0.1, -0.05) is 5.16 Å². The molecule has 4 rings (SSSR count). The summed E-state index contributed by atoms with van der Waals surface area (Å²) in [5.74, 6) is 1.00. The van der Waals surface area contributed by atoms with Gasteiger partial charge in [-0.3, -0.25) is 4.90 Å². The Morgan fingerprint density at radius 3 is 2.60 bits per heavy atom. The second-order valence-corrected chi connectivity index (χ2v) is 8.59. The minimum Gasteiger partial charge on any atom is -0.444 e. The number of ether oxygens (including phenoxy) is 1. The SMILES string of the molecule is Cc1cc(C)n2ncc(-c3nc(CN4CCN(C(=O)OC(C)(C)C)CC4)no3)c2n1. The molecule has 0 spiro atoms. The standard InChI is InChI=1S/C20H27N7O3/c1-13-10-14(2)27-17(22-13)15(11-21-27)18-23-16(24-30-18)12-25-6-8-26(9-7-25)19(28)29-20(3,4)5/h10-11H,6-9,12H2,1-5H3. The van der Waals surface area contributed by atoms with Crippen molar-refractivity contribution in [3.8, 4) is 11.5 Å². The second kappa shape index (κ2) is 7.67. The van der Waals surface area contributed by atoms with Crippen molar-refractivity contribution in [3.05, 3.63) is 29.5 Å². The Morgan fingerprint density at radius 1 is 1.17 bits per heavy atom. The fourth-order valence-corrected chi connectivity index (χ4v) is 3.46. The van der Waals surface area contributed by atoms with Gasteiger partial charge in [0.1, 0.15) is 11.2 Å². The Labute approximate surface area is 174 Å². The first-order valence-electron chi connectivity index (χ1n) is 10.0. The lowest BCUT2D eigenvalue weighted by molar-refractivity contribution is 0.0136. The van der Waals surface area contributed by atoms with Gasteiger partial charge in [0.2, 0.25) is 0 Å². The lowest BCUT2D eigenvalue weighted by Crippen LogP contribution is -2.49. The van der Waals surface area contributed by atoms with Gasteiger partial charge in [-0.15, -0.1) is 0 Å². The number of carbonyl (C=O) groups is 1. The third-order valence-corrected chi connectivity index (χ3v) is 4.87. The molecule has 10 nitrogen and oxygen atoms in total. The van der Waals surface area contributed by atoms with E-state index in [9.17, 15) is 4.79 Å². The maximum Gasteiger partial charge on any atom is 0.410 e. The van der Waals surface area contributed by atoms with Crippen molar-refractivity contribution in [3.63, 3.8) is 0 Å². The van der Waals surface area contributed by atoms with Gasteiger partial charge < -0.3 is 14.2 Å². The zero-order valence-corrected chi connectivity index (χ0v) is 18.0. The molecule has 1 saturated heterocycles. The average Bonchev–Trinajstić information content (AvgIpc) is 3.27. The molecule has 0 saturated carbocycles. The van der Waals surface area contributed by atoms with Gasteiger partial charge in [0.25, 0.3) is 5.89 Å². The number of aromatic nitrogens is 5. The largest absolute Gasteiger partial charge is 0.444 e. The van der Waals surface area contributed by atoms with E-state index in [0.29, 0.717) is 37.0 Å². The van der Waals surface area contributed by atoms with Crippen LogP contribution in [0.3, 0.4) is 0 Å². The van der Waals surface area contributed by atoms with Gasteiger partial charge in [-0.25, -0.2) is 14.3 Å². The summed E-state index contributed by atoms with van der Waals surface area (Å²) < 4.78 is 12.7. The summed E-state index contributed by atoms with van der Waals surface area (Å²) in [5, 5.41) is 8.50. The topological polar surface area (TPSA) is 102 Å². The predicted octanol–water partition coefficient (Wildman–Crippen LogP) is 2.45. The van der Waals surface area contributed by atoms with Crippen molar-refractivity contribution in [2.24, 2.45) is 0 Å². The summed E-state index contributed by atoms with van der Waals surface area (Å²) in [6.07, 6.45) is 1.43. The van der Waals surface area contributed by atoms with Crippen LogP contribution in [0.25, 0.3) is 17.1 Å². The zero-order valence-electron chi connectivity index (χ0n) is 18.0. The van der Waals surface area contributed by atoms with E-state index >= 15 is 0 Å². The third kappa shape index (κ3) is 4.28. The molecule has 0 aliphatic carbocycles. The van der Waals surface area contributed by atoms with E-state index in [0.717, 1.165) is 30.0 Å². The van der Waals surface area contributed by atoms with Gasteiger partial charge in [0, 0.05) is 37.6 Å². The molecule has 1 aliphatic rings. The lowest BCUT2D eigenvalue weighted by Gasteiger charge is -2.35. The van der Waals surface area contributed by atoms with Crippen LogP contribution in [0.4, 0.5) is 4.79 Å². The Hall–Kier alpha value is -3.01. The van der Waals surface area contributed by atoms with Crippen LogP contribution in [-0.4, -0.2) is 72.4 Å². The van der Waals surface area contributed by atoms with Gasteiger partial charge in [-0.2, -0.15) is 10.1 Å². The molecule has 3 aromatic rings. The van der Waals surface area contributed by atoms with Crippen LogP contribution < -0.4 is 0 Å². The molecule has 1 aliphatic heterocycles. The molecule has 3 aromatic heterocycles. The molecule has 0 radical (unpaired) electrons. The van der Waals surface area contributed by atoms with Gasteiger partial charge in [0.15, 0.2) is 11.5 Å². The minimum atomic E-state index is -0.487. The number of rotatable bonds is 3. The molecule has 0 N–H and O–H groups in total. The summed E-state index contributed by atoms with van der Waals surface area (Å²) in [6.45, 7) is 12.8. The summed E-state index contributed by atoms with van der Waals surface area (Å²) >= 11 is 0. The highest BCUT2D eigenvalue weighted by Crippen LogP contribution is 2.23. The number of amides is 1. The van der Waals surface area contributed by atoms with Crippen LogP contribution in [0.5, 0.6) is 0 Å². The van der Waals surface area contributed by atoms with E-state index < -0.39 is 5.60 Å². The van der Waals surface area contributed by atoms with Crippen molar-refractivity contribution in [2.75, 3.05) is 26.2 Å². The van der Waals surface area contributed by atoms with E-state index in [1.54, 1.807) is 15.6 Å². The quantitative estimate of drug-likeness (QED) is 0.645. The molecule has 4 heterocycles. The molecule has 0 aromatic carbocycles. The fourth-order valence-electron chi connectivity index (χ4n) is 3.46. The van der Waals surface area contributed by atoms with Crippen LogP contribution in [0, 0.1) is 13.8 Å². The molecular weight excluding hydrogens is 386 g/mol. The Bertz CT molecular complexity index is 1060. The Balaban J connectivity index is 1.40. The molecule has 0 atom stereocenters. The number of nitrogens with zero attached hydrogens (tertiary/aromatic N) is 7. The molecular formula is C20H27N7O3. The van der Waals surface area contributed by atoms with Gasteiger partial charge in [-0.05, 0) is 40.7 Å². The first-order chi connectivity index (χ1) is 14.2. The van der Waals surface area contributed by atoms with Crippen LogP contribution in [0.2, 0.25) is 0 Å². The summed E-state index contributed by atoms with van der Waals surface area (Å²) in [5.41, 5.74) is 2.83. The number of carbonyl (C=O) groups excluding carboxylic acids is 1. The zero-order chi connectivity index (χ0) is 21.5. The van der Waals surface area contributed by atoms with Crippen LogP contribution in [0.15, 0.2) is 16.8 Å². The monoisotopic (exact) mass is 413 g/mol. The number of fused-ring (bicyclic) bond motifs is 1. The predicted molar refractivity (Wildman–Crippen MR) is 109 cm³/mol. The van der Waals surface area contributed by atoms with E-state index in [1.807, 2.05) is 40.7 Å². The number of hydrogen-bond acceptors (Lipinski definition) is 8. The smallest absolute Gasteiger partial charge is 0.410 e. The highest BCUT2D eigenvalue weighted by molar-refractivity contribution is 5.71. The Morgan fingerprint density at radius 2 is 1.90 bits per heavy atom. The number of aryl methyl sites for hydroxylation is 2. The first-order valence-corrected chi connectivity index (χ1v) is 10.0. The van der Waals surface area contributed by atoms with E-state index in [1.165, 1.54) is 0 Å². The number of hydrogen-bond donors (Lipinski definition) is 0. The maximum atomic E-state index is 12.2. The maximum absolute atomic E-state index is 12.2. The van der Waals surface area contributed by atoms with E-state index in [4.69, 9.17) is 9.26 Å². The van der Waals surface area contributed by atoms with E-state index in [2.05, 4.69) is 25.1 Å². The third-order valence-electron chi connectivity index (χ3n) is 4.87. The molecule has 0 unspecified atom stereocenters. The molecule has 160 valence electrons. The molecule has 1 fully saturated rings. The van der Waals surface area contributed by atoms with Crippen molar-refractivity contribution in [1.82, 2.24) is 34.5 Å². The fraction of sp³-hybridized carbons (Fsp3) is 0.550. The molecule has 10 heteroatoms. The highest BCUT2D eigenvalue weighted by Gasteiger charge is 2.26. The molecule has 1 amide bonds. The molecule has 30 heavy (non-hydrogen) atoms. The van der Waals surface area contributed by atoms with Crippen molar-refractivity contribution >= 4 is 11.7 Å². The average molecular weight is 413 g/mol. The lowest BCUT2D eigenvalue weighted by atomic mass is 10.2. The van der Waals surface area contributed by atoms with Crippen LogP contribution >= 0.6 is 0 Å². The summed E-state index contributed by atoms with van der Waals surface area (Å²) in [6, 6.07) is 1.97. The molecule has 0 bridgehead atoms. The van der Waals surface area contributed by atoms with Crippen molar-refractivity contribution < 1.29 is 14.1 Å². The van der Waals surface area contributed by atoms with Crippen LogP contribution in [-0.2, 0) is 11.3 Å². The first kappa shape index (κ1) is 20.3. The van der Waals surface area contributed by atoms with Crippen LogP contribution in [0.1, 0.15) is 38.0 Å². The van der Waals surface area contributed by atoms with Crippen molar-refractivity contribution in [2.45, 2.75) is 46.8 Å².